The van der Waals surface area contributed by atoms with Crippen LogP contribution < -0.4 is 14.8 Å². The summed E-state index contributed by atoms with van der Waals surface area (Å²) >= 11 is 0. The molecule has 0 saturated carbocycles. The van der Waals surface area contributed by atoms with E-state index < -0.39 is 0 Å². The molecule has 0 spiro atoms. The number of fused-ring (bicyclic) bond motifs is 1. The Bertz CT molecular complexity index is 1100. The van der Waals surface area contributed by atoms with E-state index in [1.165, 1.54) is 27.6 Å². The molecule has 0 amide bonds. The van der Waals surface area contributed by atoms with Crippen LogP contribution in [-0.4, -0.2) is 25.3 Å². The average Bonchev–Trinajstić information content (AvgIpc) is 3.14. The van der Waals surface area contributed by atoms with Crippen LogP contribution in [0.2, 0.25) is 0 Å². The lowest BCUT2D eigenvalue weighted by Crippen LogP contribution is -2.16. The SMILES string of the molecule is COc1ccc(CCNCc2cn(Cc3ccccc3)c3ccccc23)cc1OC. The van der Waals surface area contributed by atoms with Gasteiger partial charge in [-0.05, 0) is 47.9 Å². The summed E-state index contributed by atoms with van der Waals surface area (Å²) in [5, 5.41) is 4.91. The second-order valence-corrected chi connectivity index (χ2v) is 7.40. The van der Waals surface area contributed by atoms with E-state index in [9.17, 15) is 0 Å². The van der Waals surface area contributed by atoms with Crippen LogP contribution in [0.4, 0.5) is 0 Å². The Kier molecular flexibility index (Phi) is 6.35. The summed E-state index contributed by atoms with van der Waals surface area (Å²) in [7, 11) is 3.33. The second-order valence-electron chi connectivity index (χ2n) is 7.40. The maximum absolute atomic E-state index is 5.40. The molecule has 4 heteroatoms. The van der Waals surface area contributed by atoms with E-state index in [2.05, 4.69) is 76.7 Å². The molecule has 0 radical (unpaired) electrons. The van der Waals surface area contributed by atoms with Crippen molar-refractivity contribution in [1.82, 2.24) is 9.88 Å². The van der Waals surface area contributed by atoms with Gasteiger partial charge in [0.1, 0.15) is 0 Å². The molecule has 30 heavy (non-hydrogen) atoms. The van der Waals surface area contributed by atoms with E-state index in [1.54, 1.807) is 14.2 Å². The van der Waals surface area contributed by atoms with E-state index in [0.29, 0.717) is 0 Å². The van der Waals surface area contributed by atoms with Crippen LogP contribution in [-0.2, 0) is 19.5 Å². The van der Waals surface area contributed by atoms with Crippen molar-refractivity contribution in [3.63, 3.8) is 0 Å². The minimum Gasteiger partial charge on any atom is -0.493 e. The molecule has 0 aliphatic rings. The highest BCUT2D eigenvalue weighted by molar-refractivity contribution is 5.84. The first-order valence-corrected chi connectivity index (χ1v) is 10.3. The van der Waals surface area contributed by atoms with Crippen LogP contribution in [0, 0.1) is 0 Å². The Balaban J connectivity index is 1.42. The zero-order valence-electron chi connectivity index (χ0n) is 17.6. The zero-order chi connectivity index (χ0) is 20.8. The molecule has 0 atom stereocenters. The first kappa shape index (κ1) is 20.0. The number of nitrogens with one attached hydrogen (secondary N) is 1. The number of ether oxygens (including phenoxy) is 2. The van der Waals surface area contributed by atoms with Crippen LogP contribution in [0.3, 0.4) is 0 Å². The van der Waals surface area contributed by atoms with Gasteiger partial charge in [0.15, 0.2) is 11.5 Å². The van der Waals surface area contributed by atoms with Gasteiger partial charge in [0.25, 0.3) is 0 Å². The third-order valence-electron chi connectivity index (χ3n) is 5.42. The topological polar surface area (TPSA) is 35.4 Å². The third kappa shape index (κ3) is 4.50. The van der Waals surface area contributed by atoms with Gasteiger partial charge in [0.05, 0.1) is 14.2 Å². The van der Waals surface area contributed by atoms with Crippen molar-refractivity contribution in [2.45, 2.75) is 19.5 Å². The largest absolute Gasteiger partial charge is 0.493 e. The molecule has 1 aromatic heterocycles. The number of nitrogens with zero attached hydrogens (tertiary/aromatic N) is 1. The number of methoxy groups -OCH3 is 2. The molecular weight excluding hydrogens is 372 g/mol. The highest BCUT2D eigenvalue weighted by atomic mass is 16.5. The third-order valence-corrected chi connectivity index (χ3v) is 5.42. The Morgan fingerprint density at radius 3 is 2.37 bits per heavy atom. The van der Waals surface area contributed by atoms with E-state index in [4.69, 9.17) is 9.47 Å². The summed E-state index contributed by atoms with van der Waals surface area (Å²) < 4.78 is 13.1. The van der Waals surface area contributed by atoms with Crippen molar-refractivity contribution >= 4 is 10.9 Å². The van der Waals surface area contributed by atoms with E-state index in [1.807, 2.05) is 12.1 Å². The Morgan fingerprint density at radius 1 is 0.800 bits per heavy atom. The Morgan fingerprint density at radius 2 is 1.57 bits per heavy atom. The molecule has 0 aliphatic heterocycles. The number of hydrogen-bond acceptors (Lipinski definition) is 3. The fourth-order valence-electron chi connectivity index (χ4n) is 3.87. The van der Waals surface area contributed by atoms with Gasteiger partial charge >= 0.3 is 0 Å². The fourth-order valence-corrected chi connectivity index (χ4v) is 3.87. The van der Waals surface area contributed by atoms with Gasteiger partial charge in [-0.15, -0.1) is 0 Å². The summed E-state index contributed by atoms with van der Waals surface area (Å²) in [4.78, 5) is 0. The number of benzene rings is 3. The number of rotatable bonds is 9. The van der Waals surface area contributed by atoms with Crippen molar-refractivity contribution in [3.05, 3.63) is 95.7 Å². The monoisotopic (exact) mass is 400 g/mol. The second kappa shape index (κ2) is 9.51. The molecule has 0 unspecified atom stereocenters. The fraction of sp³-hybridized carbons (Fsp3) is 0.231. The molecule has 154 valence electrons. The van der Waals surface area contributed by atoms with Crippen molar-refractivity contribution in [2.24, 2.45) is 0 Å². The first-order valence-electron chi connectivity index (χ1n) is 10.3. The van der Waals surface area contributed by atoms with Gasteiger partial charge in [-0.3, -0.25) is 0 Å². The summed E-state index contributed by atoms with van der Waals surface area (Å²) in [6.07, 6.45) is 3.21. The van der Waals surface area contributed by atoms with Crippen LogP contribution in [0.25, 0.3) is 10.9 Å². The smallest absolute Gasteiger partial charge is 0.160 e. The summed E-state index contributed by atoms with van der Waals surface area (Å²) in [5.41, 5.74) is 5.14. The van der Waals surface area contributed by atoms with Crippen molar-refractivity contribution < 1.29 is 9.47 Å². The van der Waals surface area contributed by atoms with Gasteiger partial charge in [0, 0.05) is 30.2 Å². The minimum absolute atomic E-state index is 0.764. The number of hydrogen-bond donors (Lipinski definition) is 1. The Hall–Kier alpha value is -3.24. The zero-order valence-corrected chi connectivity index (χ0v) is 17.6. The molecule has 1 heterocycles. The van der Waals surface area contributed by atoms with Gasteiger partial charge in [0.2, 0.25) is 0 Å². The van der Waals surface area contributed by atoms with E-state index in [-0.39, 0.29) is 0 Å². The van der Waals surface area contributed by atoms with E-state index in [0.717, 1.165) is 37.6 Å². The molecule has 3 aromatic carbocycles. The maximum Gasteiger partial charge on any atom is 0.160 e. The van der Waals surface area contributed by atoms with Crippen LogP contribution >= 0.6 is 0 Å². The molecule has 1 N–H and O–H groups in total. The summed E-state index contributed by atoms with van der Waals surface area (Å²) in [5.74, 6) is 1.54. The van der Waals surface area contributed by atoms with Crippen LogP contribution in [0.1, 0.15) is 16.7 Å². The molecule has 4 nitrogen and oxygen atoms in total. The van der Waals surface area contributed by atoms with E-state index >= 15 is 0 Å². The van der Waals surface area contributed by atoms with Crippen LogP contribution in [0.15, 0.2) is 79.0 Å². The molecule has 4 aromatic rings. The van der Waals surface area contributed by atoms with Gasteiger partial charge in [-0.2, -0.15) is 0 Å². The van der Waals surface area contributed by atoms with Crippen molar-refractivity contribution in [2.75, 3.05) is 20.8 Å². The van der Waals surface area contributed by atoms with Crippen LogP contribution in [0.5, 0.6) is 11.5 Å². The number of para-hydroxylation sites is 1. The van der Waals surface area contributed by atoms with Gasteiger partial charge < -0.3 is 19.4 Å². The van der Waals surface area contributed by atoms with Crippen molar-refractivity contribution in [1.29, 1.82) is 0 Å². The predicted molar refractivity (Wildman–Crippen MR) is 122 cm³/mol. The lowest BCUT2D eigenvalue weighted by Gasteiger charge is -2.10. The molecule has 0 bridgehead atoms. The lowest BCUT2D eigenvalue weighted by atomic mass is 10.1. The quantitative estimate of drug-likeness (QED) is 0.400. The first-order chi connectivity index (χ1) is 14.8. The molecular formula is C26H28N2O2. The highest BCUT2D eigenvalue weighted by Gasteiger charge is 2.09. The molecule has 0 fully saturated rings. The lowest BCUT2D eigenvalue weighted by molar-refractivity contribution is 0.354. The Labute approximate surface area is 178 Å². The molecule has 0 saturated heterocycles. The minimum atomic E-state index is 0.764. The normalized spacial score (nSPS) is 11.0. The average molecular weight is 401 g/mol. The highest BCUT2D eigenvalue weighted by Crippen LogP contribution is 2.27. The predicted octanol–water partition coefficient (Wildman–Crippen LogP) is 5.04. The molecule has 4 rings (SSSR count). The summed E-state index contributed by atoms with van der Waals surface area (Å²) in [6.45, 7) is 2.62. The summed E-state index contributed by atoms with van der Waals surface area (Å²) in [6, 6.07) is 25.3. The van der Waals surface area contributed by atoms with Gasteiger partial charge in [-0.1, -0.05) is 54.6 Å². The van der Waals surface area contributed by atoms with Crippen molar-refractivity contribution in [3.8, 4) is 11.5 Å². The van der Waals surface area contributed by atoms with Gasteiger partial charge in [-0.25, -0.2) is 0 Å². The molecule has 0 aliphatic carbocycles. The number of aromatic nitrogens is 1. The maximum atomic E-state index is 5.40. The standard InChI is InChI=1S/C26H28N2O2/c1-29-25-13-12-20(16-26(25)30-2)14-15-27-17-22-19-28(18-21-8-4-3-5-9-21)24-11-7-6-10-23(22)24/h3-13,16,19,27H,14-15,17-18H2,1-2H3.